The van der Waals surface area contributed by atoms with E-state index < -0.39 is 10.0 Å². The van der Waals surface area contributed by atoms with Gasteiger partial charge in [0.2, 0.25) is 15.6 Å². The van der Waals surface area contributed by atoms with Crippen LogP contribution in [0.3, 0.4) is 0 Å². The predicted octanol–water partition coefficient (Wildman–Crippen LogP) is 0.336. The molecular weight excluding hydrogens is 266 g/mol. The predicted molar refractivity (Wildman–Crippen MR) is 74.6 cm³/mol. The Bertz CT molecular complexity index is 545. The van der Waals surface area contributed by atoms with Gasteiger partial charge in [-0.15, -0.1) is 0 Å². The summed E-state index contributed by atoms with van der Waals surface area (Å²) in [6.45, 7) is 4.69. The molecule has 6 nitrogen and oxygen atoms in total. The van der Waals surface area contributed by atoms with Crippen LogP contribution in [0, 0.1) is 0 Å². The summed E-state index contributed by atoms with van der Waals surface area (Å²) in [6.07, 6.45) is 1.24. The molecular formula is C12H21N3O3S. The van der Waals surface area contributed by atoms with E-state index in [1.165, 1.54) is 22.6 Å². The molecule has 19 heavy (non-hydrogen) atoms. The van der Waals surface area contributed by atoms with Gasteiger partial charge in [0.05, 0.1) is 4.90 Å². The zero-order chi connectivity index (χ0) is 14.6. The van der Waals surface area contributed by atoms with Gasteiger partial charge in [-0.1, -0.05) is 6.92 Å². The third-order valence-electron chi connectivity index (χ3n) is 2.79. The molecule has 1 heterocycles. The van der Waals surface area contributed by atoms with Crippen LogP contribution < -0.4 is 5.56 Å². The largest absolute Gasteiger partial charge is 0.328 e. The molecule has 0 aliphatic rings. The number of aromatic nitrogens is 1. The summed E-state index contributed by atoms with van der Waals surface area (Å²) in [6, 6.07) is 2.41. The lowest BCUT2D eigenvalue weighted by molar-refractivity contribution is 0.271. The van der Waals surface area contributed by atoms with E-state index in [9.17, 15) is 13.2 Å². The van der Waals surface area contributed by atoms with Crippen molar-refractivity contribution in [1.82, 2.24) is 14.2 Å². The molecule has 0 aliphatic carbocycles. The molecule has 1 atom stereocenters. The highest BCUT2D eigenvalue weighted by Crippen LogP contribution is 2.16. The number of sulfonamides is 1. The summed E-state index contributed by atoms with van der Waals surface area (Å²) < 4.78 is 26.4. The fourth-order valence-electron chi connectivity index (χ4n) is 2.03. The van der Waals surface area contributed by atoms with Gasteiger partial charge < -0.3 is 9.88 Å². The molecule has 0 fully saturated rings. The molecule has 1 aromatic rings. The van der Waals surface area contributed by atoms with E-state index >= 15 is 0 Å². The number of likely N-dealkylation sites (N-methyl/N-ethyl adjacent to an activating group) is 2. The number of aromatic amines is 1. The summed E-state index contributed by atoms with van der Waals surface area (Å²) in [5.41, 5.74) is -0.316. The number of nitrogens with zero attached hydrogens (tertiary/aromatic N) is 2. The molecule has 0 aromatic carbocycles. The Balaban J connectivity index is 3.08. The van der Waals surface area contributed by atoms with E-state index in [-0.39, 0.29) is 16.5 Å². The van der Waals surface area contributed by atoms with Crippen LogP contribution >= 0.6 is 0 Å². The summed E-state index contributed by atoms with van der Waals surface area (Å²) >= 11 is 0. The first-order valence-corrected chi connectivity index (χ1v) is 7.58. The molecule has 1 N–H and O–H groups in total. The molecule has 1 unspecified atom stereocenters. The molecule has 0 saturated heterocycles. The zero-order valence-corrected chi connectivity index (χ0v) is 12.6. The fourth-order valence-corrected chi connectivity index (χ4v) is 3.63. The van der Waals surface area contributed by atoms with Crippen LogP contribution in [-0.2, 0) is 10.0 Å². The van der Waals surface area contributed by atoms with Crippen molar-refractivity contribution in [2.45, 2.75) is 24.8 Å². The van der Waals surface area contributed by atoms with E-state index in [0.29, 0.717) is 13.1 Å². The minimum atomic E-state index is -3.58. The Labute approximate surface area is 114 Å². The van der Waals surface area contributed by atoms with Gasteiger partial charge in [-0.05, 0) is 27.1 Å². The van der Waals surface area contributed by atoms with E-state index in [1.807, 2.05) is 25.9 Å². The number of nitrogens with one attached hydrogen (secondary N) is 1. The highest BCUT2D eigenvalue weighted by atomic mass is 32.2. The van der Waals surface area contributed by atoms with E-state index in [0.717, 1.165) is 0 Å². The number of rotatable bonds is 6. The normalized spacial score (nSPS) is 14.0. The van der Waals surface area contributed by atoms with Crippen molar-refractivity contribution in [2.24, 2.45) is 0 Å². The van der Waals surface area contributed by atoms with Gasteiger partial charge in [0, 0.05) is 31.4 Å². The van der Waals surface area contributed by atoms with E-state index in [1.54, 1.807) is 6.92 Å². The maximum atomic E-state index is 12.5. The van der Waals surface area contributed by atoms with E-state index in [2.05, 4.69) is 4.98 Å². The SMILES string of the molecule is CCN(C(C)CN(C)C)S(=O)(=O)c1ccc(=O)[nH]c1. The molecule has 0 radical (unpaired) electrons. The summed E-state index contributed by atoms with van der Waals surface area (Å²) in [7, 11) is 0.223. The lowest BCUT2D eigenvalue weighted by Gasteiger charge is -2.29. The maximum Gasteiger partial charge on any atom is 0.247 e. The summed E-state index contributed by atoms with van der Waals surface area (Å²) in [5.74, 6) is 0. The molecule has 0 amide bonds. The standard InChI is InChI=1S/C12H21N3O3S/c1-5-15(10(2)9-14(3)4)19(17,18)11-6-7-12(16)13-8-11/h6-8,10H,5,9H2,1-4H3,(H,13,16). The summed E-state index contributed by atoms with van der Waals surface area (Å²) in [5, 5.41) is 0. The average molecular weight is 287 g/mol. The van der Waals surface area contributed by atoms with Gasteiger partial charge in [-0.3, -0.25) is 4.79 Å². The lowest BCUT2D eigenvalue weighted by Crippen LogP contribution is -2.43. The minimum Gasteiger partial charge on any atom is -0.328 e. The van der Waals surface area contributed by atoms with Gasteiger partial charge in [-0.2, -0.15) is 4.31 Å². The third-order valence-corrected chi connectivity index (χ3v) is 4.88. The highest BCUT2D eigenvalue weighted by molar-refractivity contribution is 7.89. The lowest BCUT2D eigenvalue weighted by atomic mass is 10.3. The van der Waals surface area contributed by atoms with Crippen LogP contribution in [0.15, 0.2) is 28.0 Å². The Morgan fingerprint density at radius 1 is 1.32 bits per heavy atom. The van der Waals surface area contributed by atoms with Crippen LogP contribution in [0.2, 0.25) is 0 Å². The van der Waals surface area contributed by atoms with Gasteiger partial charge in [0.1, 0.15) is 0 Å². The van der Waals surface area contributed by atoms with Crippen molar-refractivity contribution in [3.63, 3.8) is 0 Å². The van der Waals surface area contributed by atoms with Crippen molar-refractivity contribution in [3.05, 3.63) is 28.7 Å². The Morgan fingerprint density at radius 3 is 2.37 bits per heavy atom. The highest BCUT2D eigenvalue weighted by Gasteiger charge is 2.27. The van der Waals surface area contributed by atoms with Crippen LogP contribution in [0.5, 0.6) is 0 Å². The second kappa shape index (κ2) is 6.31. The first-order chi connectivity index (χ1) is 8.78. The Hall–Kier alpha value is -1.18. The topological polar surface area (TPSA) is 73.5 Å². The van der Waals surface area contributed by atoms with Crippen molar-refractivity contribution in [2.75, 3.05) is 27.2 Å². The second-order valence-corrected chi connectivity index (χ2v) is 6.60. The molecule has 1 rings (SSSR count). The Kier molecular flexibility index (Phi) is 5.28. The zero-order valence-electron chi connectivity index (χ0n) is 11.8. The van der Waals surface area contributed by atoms with Gasteiger partial charge >= 0.3 is 0 Å². The quantitative estimate of drug-likeness (QED) is 0.818. The number of hydrogen-bond acceptors (Lipinski definition) is 4. The van der Waals surface area contributed by atoms with Gasteiger partial charge in [0.25, 0.3) is 0 Å². The van der Waals surface area contributed by atoms with Crippen LogP contribution in [0.25, 0.3) is 0 Å². The van der Waals surface area contributed by atoms with Crippen molar-refractivity contribution < 1.29 is 8.42 Å². The van der Waals surface area contributed by atoms with Gasteiger partial charge in [-0.25, -0.2) is 8.42 Å². The van der Waals surface area contributed by atoms with Crippen molar-refractivity contribution in [1.29, 1.82) is 0 Å². The molecule has 7 heteroatoms. The van der Waals surface area contributed by atoms with Crippen molar-refractivity contribution >= 4 is 10.0 Å². The van der Waals surface area contributed by atoms with E-state index in [4.69, 9.17) is 0 Å². The molecule has 0 bridgehead atoms. The molecule has 1 aromatic heterocycles. The Morgan fingerprint density at radius 2 is 1.95 bits per heavy atom. The van der Waals surface area contributed by atoms with Gasteiger partial charge in [0.15, 0.2) is 0 Å². The number of pyridine rings is 1. The molecule has 0 spiro atoms. The summed E-state index contributed by atoms with van der Waals surface area (Å²) in [4.78, 5) is 15.4. The molecule has 0 saturated carbocycles. The maximum absolute atomic E-state index is 12.5. The number of hydrogen-bond donors (Lipinski definition) is 1. The minimum absolute atomic E-state index is 0.111. The first kappa shape index (κ1) is 15.9. The fraction of sp³-hybridized carbons (Fsp3) is 0.583. The average Bonchev–Trinajstić information content (AvgIpc) is 2.28. The third kappa shape index (κ3) is 3.89. The molecule has 108 valence electrons. The van der Waals surface area contributed by atoms with Crippen LogP contribution in [0.1, 0.15) is 13.8 Å². The van der Waals surface area contributed by atoms with Crippen LogP contribution in [-0.4, -0.2) is 55.8 Å². The van der Waals surface area contributed by atoms with Crippen LogP contribution in [0.4, 0.5) is 0 Å². The second-order valence-electron chi connectivity index (χ2n) is 4.71. The monoisotopic (exact) mass is 287 g/mol. The molecule has 0 aliphatic heterocycles. The smallest absolute Gasteiger partial charge is 0.247 e. The number of H-pyrrole nitrogens is 1. The first-order valence-electron chi connectivity index (χ1n) is 6.14. The van der Waals surface area contributed by atoms with Crippen molar-refractivity contribution in [3.8, 4) is 0 Å².